The third kappa shape index (κ3) is 29.3. The zero-order chi connectivity index (χ0) is 37.4. The lowest BCUT2D eigenvalue weighted by Crippen LogP contribution is -2.35. The fourth-order valence-electron chi connectivity index (χ4n) is 3.96. The summed E-state index contributed by atoms with van der Waals surface area (Å²) in [6.45, 7) is 12.8. The minimum absolute atomic E-state index is 0.0460. The van der Waals surface area contributed by atoms with E-state index < -0.39 is 17.4 Å². The van der Waals surface area contributed by atoms with Gasteiger partial charge in [-0.25, -0.2) is 0 Å². The van der Waals surface area contributed by atoms with Crippen LogP contribution in [0, 0.1) is 0 Å². The SMILES string of the molecule is CC(C)(C)OC(=O)CCCNC(=O)CCOCCOCCOCCOCCOCCOCCOCCOCCNC(=O)CCN1C(=O)C=CC1=O. The molecule has 1 aliphatic heterocycles. The normalized spacial score (nSPS) is 12.9. The second-order valence-corrected chi connectivity index (χ2v) is 12.0. The highest BCUT2D eigenvalue weighted by Gasteiger charge is 2.23. The van der Waals surface area contributed by atoms with Crippen molar-refractivity contribution >= 4 is 29.6 Å². The van der Waals surface area contributed by atoms with Gasteiger partial charge in [-0.05, 0) is 27.2 Å². The third-order valence-corrected chi connectivity index (χ3v) is 6.41. The minimum Gasteiger partial charge on any atom is -0.460 e. The molecular weight excluding hydrogens is 674 g/mol. The van der Waals surface area contributed by atoms with Gasteiger partial charge in [0.05, 0.1) is 106 Å². The standard InChI is InChI=1S/C34H59N3O14/c1-34(2,3)51-33(42)5-4-10-35-30(39)9-13-43-15-17-45-19-21-47-23-25-49-27-28-50-26-24-48-22-20-46-18-16-44-14-11-36-29(38)8-12-37-31(40)6-7-32(37)41/h6-7H,4-5,8-28H2,1-3H3,(H,35,39)(H,36,38). The molecule has 0 atom stereocenters. The maximum absolute atomic E-state index is 11.8. The molecule has 1 rings (SSSR count). The largest absolute Gasteiger partial charge is 0.460 e. The summed E-state index contributed by atoms with van der Waals surface area (Å²) < 4.78 is 48.7. The van der Waals surface area contributed by atoms with Crippen LogP contribution < -0.4 is 10.6 Å². The van der Waals surface area contributed by atoms with Crippen molar-refractivity contribution in [1.82, 2.24) is 15.5 Å². The van der Waals surface area contributed by atoms with E-state index >= 15 is 0 Å². The van der Waals surface area contributed by atoms with Crippen LogP contribution in [0.1, 0.15) is 46.5 Å². The van der Waals surface area contributed by atoms with Crippen LogP contribution in [0.4, 0.5) is 0 Å². The molecule has 1 heterocycles. The number of esters is 1. The van der Waals surface area contributed by atoms with E-state index in [1.807, 2.05) is 20.8 Å². The van der Waals surface area contributed by atoms with Gasteiger partial charge in [-0.15, -0.1) is 0 Å². The molecule has 0 saturated carbocycles. The van der Waals surface area contributed by atoms with E-state index in [-0.39, 0.29) is 43.6 Å². The van der Waals surface area contributed by atoms with Gasteiger partial charge in [-0.1, -0.05) is 0 Å². The Labute approximate surface area is 301 Å². The molecule has 0 radical (unpaired) electrons. The van der Waals surface area contributed by atoms with Crippen LogP contribution in [0.5, 0.6) is 0 Å². The molecule has 0 spiro atoms. The van der Waals surface area contributed by atoms with Gasteiger partial charge in [0.15, 0.2) is 0 Å². The van der Waals surface area contributed by atoms with E-state index in [2.05, 4.69) is 10.6 Å². The zero-order valence-electron chi connectivity index (χ0n) is 30.6. The van der Waals surface area contributed by atoms with Gasteiger partial charge in [0, 0.05) is 51.0 Å². The summed E-state index contributed by atoms with van der Waals surface area (Å²) >= 11 is 0. The molecule has 0 aromatic carbocycles. The topological polar surface area (TPSA) is 196 Å². The quantitative estimate of drug-likeness (QED) is 0.0516. The number of hydrogen-bond acceptors (Lipinski definition) is 14. The van der Waals surface area contributed by atoms with Crippen molar-refractivity contribution in [2.75, 3.05) is 125 Å². The number of carbonyl (C=O) groups is 5. The van der Waals surface area contributed by atoms with Crippen molar-refractivity contribution in [2.45, 2.75) is 52.1 Å². The molecule has 0 bridgehead atoms. The second kappa shape index (κ2) is 30.6. The van der Waals surface area contributed by atoms with Crippen molar-refractivity contribution in [3.05, 3.63) is 12.2 Å². The monoisotopic (exact) mass is 733 g/mol. The average Bonchev–Trinajstić information content (AvgIpc) is 3.40. The lowest BCUT2D eigenvalue weighted by molar-refractivity contribution is -0.155. The van der Waals surface area contributed by atoms with E-state index in [9.17, 15) is 24.0 Å². The first-order chi connectivity index (χ1) is 24.6. The van der Waals surface area contributed by atoms with Crippen LogP contribution >= 0.6 is 0 Å². The fourth-order valence-corrected chi connectivity index (χ4v) is 3.96. The molecule has 0 unspecified atom stereocenters. The molecule has 2 N–H and O–H groups in total. The predicted molar refractivity (Wildman–Crippen MR) is 183 cm³/mol. The molecule has 4 amide bonds. The Balaban J connectivity index is 1.70. The van der Waals surface area contributed by atoms with Crippen LogP contribution in [0.15, 0.2) is 12.2 Å². The van der Waals surface area contributed by atoms with Gasteiger partial charge in [0.2, 0.25) is 11.8 Å². The summed E-state index contributed by atoms with van der Waals surface area (Å²) in [5.41, 5.74) is -0.503. The summed E-state index contributed by atoms with van der Waals surface area (Å²) in [5, 5.41) is 5.43. The number of nitrogens with one attached hydrogen (secondary N) is 2. The molecule has 0 aliphatic carbocycles. The van der Waals surface area contributed by atoms with Gasteiger partial charge in [-0.3, -0.25) is 28.9 Å². The number of ether oxygens (including phenoxy) is 9. The van der Waals surface area contributed by atoms with Crippen molar-refractivity contribution in [1.29, 1.82) is 0 Å². The zero-order valence-corrected chi connectivity index (χ0v) is 30.6. The Morgan fingerprint density at radius 1 is 0.529 bits per heavy atom. The molecule has 0 fully saturated rings. The first-order valence-electron chi connectivity index (χ1n) is 17.5. The molecule has 1 aliphatic rings. The first kappa shape index (κ1) is 46.0. The lowest BCUT2D eigenvalue weighted by Gasteiger charge is -2.19. The number of hydrogen-bond donors (Lipinski definition) is 2. The number of amides is 4. The van der Waals surface area contributed by atoms with Crippen LogP contribution in [0.2, 0.25) is 0 Å². The van der Waals surface area contributed by atoms with Crippen LogP contribution in [0.3, 0.4) is 0 Å². The summed E-state index contributed by atoms with van der Waals surface area (Å²) in [7, 11) is 0. The Kier molecular flexibility index (Phi) is 27.6. The fraction of sp³-hybridized carbons (Fsp3) is 0.794. The smallest absolute Gasteiger partial charge is 0.306 e. The molecule has 0 aromatic heterocycles. The van der Waals surface area contributed by atoms with Crippen LogP contribution in [-0.4, -0.2) is 165 Å². The third-order valence-electron chi connectivity index (χ3n) is 6.41. The molecule has 51 heavy (non-hydrogen) atoms. The number of nitrogens with zero attached hydrogens (tertiary/aromatic N) is 1. The molecule has 0 saturated heterocycles. The average molecular weight is 734 g/mol. The van der Waals surface area contributed by atoms with Crippen molar-refractivity contribution in [3.8, 4) is 0 Å². The highest BCUT2D eigenvalue weighted by Crippen LogP contribution is 2.09. The number of carbonyl (C=O) groups excluding carboxylic acids is 5. The van der Waals surface area contributed by atoms with Crippen LogP contribution in [-0.2, 0) is 66.6 Å². The van der Waals surface area contributed by atoms with Gasteiger partial charge >= 0.3 is 5.97 Å². The minimum atomic E-state index is -0.503. The van der Waals surface area contributed by atoms with Crippen molar-refractivity contribution in [2.24, 2.45) is 0 Å². The number of rotatable bonds is 34. The molecule has 294 valence electrons. The molecule has 17 heteroatoms. The van der Waals surface area contributed by atoms with E-state index in [0.29, 0.717) is 125 Å². The maximum Gasteiger partial charge on any atom is 0.306 e. The van der Waals surface area contributed by atoms with Crippen molar-refractivity contribution < 1.29 is 66.6 Å². The Morgan fingerprint density at radius 2 is 0.902 bits per heavy atom. The van der Waals surface area contributed by atoms with Gasteiger partial charge in [-0.2, -0.15) is 0 Å². The predicted octanol–water partition coefficient (Wildman–Crippen LogP) is 0.179. The highest BCUT2D eigenvalue weighted by atomic mass is 16.6. The summed E-state index contributed by atoms with van der Waals surface area (Å²) in [5.74, 6) is -1.46. The number of imide groups is 1. The molecular formula is C34H59N3O14. The van der Waals surface area contributed by atoms with Gasteiger partial charge < -0.3 is 53.3 Å². The Bertz CT molecular complexity index is 987. The first-order valence-corrected chi connectivity index (χ1v) is 17.5. The van der Waals surface area contributed by atoms with Crippen molar-refractivity contribution in [3.63, 3.8) is 0 Å². The van der Waals surface area contributed by atoms with E-state index in [1.54, 1.807) is 0 Å². The van der Waals surface area contributed by atoms with Crippen LogP contribution in [0.25, 0.3) is 0 Å². The van der Waals surface area contributed by atoms with E-state index in [4.69, 9.17) is 42.6 Å². The maximum atomic E-state index is 11.8. The van der Waals surface area contributed by atoms with Gasteiger partial charge in [0.25, 0.3) is 11.8 Å². The molecule has 17 nitrogen and oxygen atoms in total. The summed E-state index contributed by atoms with van der Waals surface area (Å²) in [6.07, 6.45) is 3.46. The Morgan fingerprint density at radius 3 is 1.33 bits per heavy atom. The van der Waals surface area contributed by atoms with E-state index in [0.717, 1.165) is 4.90 Å². The highest BCUT2D eigenvalue weighted by molar-refractivity contribution is 6.13. The summed E-state index contributed by atoms with van der Waals surface area (Å²) in [4.78, 5) is 59.1. The van der Waals surface area contributed by atoms with E-state index in [1.165, 1.54) is 12.2 Å². The molecule has 0 aromatic rings. The Hall–Kier alpha value is -3.03. The second-order valence-electron chi connectivity index (χ2n) is 12.0. The summed E-state index contributed by atoms with van der Waals surface area (Å²) in [6, 6.07) is 0. The lowest BCUT2D eigenvalue weighted by atomic mass is 10.2. The van der Waals surface area contributed by atoms with Gasteiger partial charge in [0.1, 0.15) is 5.60 Å².